The minimum absolute atomic E-state index is 0.140. The SMILES string of the molecule is CCC(=O)N1CCC(C(=O)N2CCCC[C@@H]2C)CC1. The Kier molecular flexibility index (Phi) is 4.83. The Morgan fingerprint density at radius 3 is 2.32 bits per heavy atom. The highest BCUT2D eigenvalue weighted by atomic mass is 16.2. The van der Waals surface area contributed by atoms with Crippen molar-refractivity contribution in [3.05, 3.63) is 0 Å². The minimum Gasteiger partial charge on any atom is -0.343 e. The number of nitrogens with zero attached hydrogens (tertiary/aromatic N) is 2. The molecule has 4 nitrogen and oxygen atoms in total. The predicted octanol–water partition coefficient (Wildman–Crippen LogP) is 2.04. The standard InChI is InChI=1S/C15H26N2O2/c1-3-14(18)16-10-7-13(8-11-16)15(19)17-9-5-4-6-12(17)2/h12-13H,3-11H2,1-2H3/t12-/m0/s1. The van der Waals surface area contributed by atoms with E-state index in [9.17, 15) is 9.59 Å². The van der Waals surface area contributed by atoms with E-state index in [2.05, 4.69) is 11.8 Å². The van der Waals surface area contributed by atoms with Gasteiger partial charge >= 0.3 is 0 Å². The molecule has 0 aromatic carbocycles. The maximum absolute atomic E-state index is 12.5. The first-order valence-corrected chi connectivity index (χ1v) is 7.71. The molecule has 0 aromatic heterocycles. The molecule has 2 rings (SSSR count). The van der Waals surface area contributed by atoms with E-state index in [0.29, 0.717) is 18.4 Å². The molecule has 19 heavy (non-hydrogen) atoms. The van der Waals surface area contributed by atoms with E-state index in [1.165, 1.54) is 6.42 Å². The van der Waals surface area contributed by atoms with E-state index in [0.717, 1.165) is 45.3 Å². The van der Waals surface area contributed by atoms with Crippen LogP contribution in [0, 0.1) is 5.92 Å². The summed E-state index contributed by atoms with van der Waals surface area (Å²) >= 11 is 0. The van der Waals surface area contributed by atoms with Crippen molar-refractivity contribution < 1.29 is 9.59 Å². The third kappa shape index (κ3) is 3.28. The molecule has 0 saturated carbocycles. The van der Waals surface area contributed by atoms with Gasteiger partial charge in [0.2, 0.25) is 11.8 Å². The van der Waals surface area contributed by atoms with Gasteiger partial charge in [0.05, 0.1) is 0 Å². The number of rotatable bonds is 2. The van der Waals surface area contributed by atoms with Crippen molar-refractivity contribution in [1.82, 2.24) is 9.80 Å². The lowest BCUT2D eigenvalue weighted by molar-refractivity contribution is -0.143. The average Bonchev–Trinajstić information content (AvgIpc) is 2.46. The van der Waals surface area contributed by atoms with Crippen LogP contribution >= 0.6 is 0 Å². The zero-order valence-electron chi connectivity index (χ0n) is 12.2. The molecule has 2 heterocycles. The van der Waals surface area contributed by atoms with E-state index < -0.39 is 0 Å². The molecule has 1 atom stereocenters. The zero-order chi connectivity index (χ0) is 13.8. The maximum Gasteiger partial charge on any atom is 0.226 e. The van der Waals surface area contributed by atoms with Crippen molar-refractivity contribution in [1.29, 1.82) is 0 Å². The van der Waals surface area contributed by atoms with E-state index in [-0.39, 0.29) is 11.8 Å². The fourth-order valence-corrected chi connectivity index (χ4v) is 3.26. The first kappa shape index (κ1) is 14.4. The Labute approximate surface area is 116 Å². The van der Waals surface area contributed by atoms with Gasteiger partial charge in [-0.3, -0.25) is 9.59 Å². The number of hydrogen-bond acceptors (Lipinski definition) is 2. The summed E-state index contributed by atoms with van der Waals surface area (Å²) in [5.74, 6) is 0.689. The van der Waals surface area contributed by atoms with Gasteiger partial charge in [0, 0.05) is 38.0 Å². The van der Waals surface area contributed by atoms with Crippen molar-refractivity contribution in [3.63, 3.8) is 0 Å². The van der Waals surface area contributed by atoms with E-state index >= 15 is 0 Å². The van der Waals surface area contributed by atoms with Crippen LogP contribution in [-0.2, 0) is 9.59 Å². The number of amides is 2. The Balaban J connectivity index is 1.86. The lowest BCUT2D eigenvalue weighted by Crippen LogP contribution is -2.48. The van der Waals surface area contributed by atoms with Crippen molar-refractivity contribution in [3.8, 4) is 0 Å². The molecule has 0 spiro atoms. The first-order chi connectivity index (χ1) is 9.13. The highest BCUT2D eigenvalue weighted by Crippen LogP contribution is 2.24. The Hall–Kier alpha value is -1.06. The summed E-state index contributed by atoms with van der Waals surface area (Å²) in [7, 11) is 0. The number of hydrogen-bond donors (Lipinski definition) is 0. The molecule has 2 aliphatic heterocycles. The van der Waals surface area contributed by atoms with Crippen LogP contribution in [0.3, 0.4) is 0 Å². The van der Waals surface area contributed by atoms with Crippen LogP contribution in [0.4, 0.5) is 0 Å². The molecule has 108 valence electrons. The van der Waals surface area contributed by atoms with Gasteiger partial charge in [-0.15, -0.1) is 0 Å². The van der Waals surface area contributed by atoms with Gasteiger partial charge in [0.1, 0.15) is 0 Å². The number of piperidine rings is 2. The van der Waals surface area contributed by atoms with Crippen LogP contribution in [0.1, 0.15) is 52.4 Å². The molecular formula is C15H26N2O2. The van der Waals surface area contributed by atoms with E-state index in [4.69, 9.17) is 0 Å². The zero-order valence-corrected chi connectivity index (χ0v) is 12.2. The Morgan fingerprint density at radius 2 is 1.74 bits per heavy atom. The maximum atomic E-state index is 12.5. The molecule has 2 aliphatic rings. The van der Waals surface area contributed by atoms with Gasteiger partial charge in [-0.05, 0) is 39.0 Å². The fourth-order valence-electron chi connectivity index (χ4n) is 3.26. The minimum atomic E-state index is 0.140. The van der Waals surface area contributed by atoms with Gasteiger partial charge in [-0.2, -0.15) is 0 Å². The summed E-state index contributed by atoms with van der Waals surface area (Å²) in [6.07, 6.45) is 5.78. The van der Waals surface area contributed by atoms with Gasteiger partial charge in [-0.25, -0.2) is 0 Å². The van der Waals surface area contributed by atoms with Gasteiger partial charge in [-0.1, -0.05) is 6.92 Å². The molecule has 2 saturated heterocycles. The predicted molar refractivity (Wildman–Crippen MR) is 74.6 cm³/mol. The van der Waals surface area contributed by atoms with E-state index in [1.807, 2.05) is 11.8 Å². The second kappa shape index (κ2) is 6.40. The molecule has 0 radical (unpaired) electrons. The molecule has 0 bridgehead atoms. The molecule has 0 aromatic rings. The van der Waals surface area contributed by atoms with Crippen LogP contribution in [0.15, 0.2) is 0 Å². The molecule has 2 fully saturated rings. The molecular weight excluding hydrogens is 240 g/mol. The quantitative estimate of drug-likeness (QED) is 0.767. The number of carbonyl (C=O) groups is 2. The normalized spacial score (nSPS) is 25.5. The molecule has 0 N–H and O–H groups in total. The van der Waals surface area contributed by atoms with Crippen molar-refractivity contribution >= 4 is 11.8 Å². The highest BCUT2D eigenvalue weighted by Gasteiger charge is 2.32. The van der Waals surface area contributed by atoms with Crippen molar-refractivity contribution in [2.75, 3.05) is 19.6 Å². The summed E-state index contributed by atoms with van der Waals surface area (Å²) < 4.78 is 0. The highest BCUT2D eigenvalue weighted by molar-refractivity contribution is 5.80. The molecule has 4 heteroatoms. The Bertz CT molecular complexity index is 335. The summed E-state index contributed by atoms with van der Waals surface area (Å²) in [4.78, 5) is 28.1. The lowest BCUT2D eigenvalue weighted by Gasteiger charge is -2.38. The third-order valence-electron chi connectivity index (χ3n) is 4.59. The van der Waals surface area contributed by atoms with Gasteiger partial charge < -0.3 is 9.80 Å². The smallest absolute Gasteiger partial charge is 0.226 e. The summed E-state index contributed by atoms with van der Waals surface area (Å²) in [5, 5.41) is 0. The fraction of sp³-hybridized carbons (Fsp3) is 0.867. The first-order valence-electron chi connectivity index (χ1n) is 7.71. The molecule has 0 unspecified atom stereocenters. The Morgan fingerprint density at radius 1 is 1.05 bits per heavy atom. The summed E-state index contributed by atoms with van der Waals surface area (Å²) in [6.45, 7) is 6.49. The van der Waals surface area contributed by atoms with Crippen LogP contribution in [0.25, 0.3) is 0 Å². The largest absolute Gasteiger partial charge is 0.343 e. The summed E-state index contributed by atoms with van der Waals surface area (Å²) in [5.41, 5.74) is 0. The number of carbonyl (C=O) groups excluding carboxylic acids is 2. The lowest BCUT2D eigenvalue weighted by atomic mass is 9.93. The topological polar surface area (TPSA) is 40.6 Å². The van der Waals surface area contributed by atoms with Crippen LogP contribution < -0.4 is 0 Å². The average molecular weight is 266 g/mol. The monoisotopic (exact) mass is 266 g/mol. The van der Waals surface area contributed by atoms with Gasteiger partial charge in [0.15, 0.2) is 0 Å². The number of likely N-dealkylation sites (tertiary alicyclic amines) is 2. The van der Waals surface area contributed by atoms with Crippen molar-refractivity contribution in [2.45, 2.75) is 58.4 Å². The van der Waals surface area contributed by atoms with Crippen LogP contribution in [0.5, 0.6) is 0 Å². The molecule has 0 aliphatic carbocycles. The van der Waals surface area contributed by atoms with Crippen LogP contribution in [-0.4, -0.2) is 47.3 Å². The van der Waals surface area contributed by atoms with E-state index in [1.54, 1.807) is 0 Å². The molecule has 2 amide bonds. The third-order valence-corrected chi connectivity index (χ3v) is 4.59. The van der Waals surface area contributed by atoms with Crippen molar-refractivity contribution in [2.24, 2.45) is 5.92 Å². The summed E-state index contributed by atoms with van der Waals surface area (Å²) in [6, 6.07) is 0.400. The van der Waals surface area contributed by atoms with Crippen LogP contribution in [0.2, 0.25) is 0 Å². The second-order valence-electron chi connectivity index (χ2n) is 5.89. The van der Waals surface area contributed by atoms with Gasteiger partial charge in [0.25, 0.3) is 0 Å². The second-order valence-corrected chi connectivity index (χ2v) is 5.89.